The highest BCUT2D eigenvalue weighted by molar-refractivity contribution is 5.61. The van der Waals surface area contributed by atoms with Crippen LogP contribution in [0.2, 0.25) is 0 Å². The predicted octanol–water partition coefficient (Wildman–Crippen LogP) is 3.13. The maximum atomic E-state index is 5.46. The standard InChI is InChI=1S/C17H13N3O3/c1-2-11(8-18-5-1)12-7-13(12)17-19-16(20-23-17)10-3-4-14-15(6-10)22-9-21-14/h1-6,8,12-13H,7,9H2/t12-,13-/m0/s1. The third-order valence-corrected chi connectivity index (χ3v) is 4.29. The zero-order chi connectivity index (χ0) is 15.2. The van der Waals surface area contributed by atoms with Gasteiger partial charge in [-0.1, -0.05) is 11.2 Å². The number of hydrogen-bond acceptors (Lipinski definition) is 6. The van der Waals surface area contributed by atoms with Crippen LogP contribution in [0.4, 0.5) is 0 Å². The Morgan fingerprint density at radius 3 is 2.91 bits per heavy atom. The van der Waals surface area contributed by atoms with Gasteiger partial charge in [-0.2, -0.15) is 4.98 Å². The van der Waals surface area contributed by atoms with Gasteiger partial charge in [0.15, 0.2) is 11.5 Å². The lowest BCUT2D eigenvalue weighted by molar-refractivity contribution is 0.174. The van der Waals surface area contributed by atoms with Crippen molar-refractivity contribution in [2.24, 2.45) is 0 Å². The van der Waals surface area contributed by atoms with Crippen molar-refractivity contribution in [3.63, 3.8) is 0 Å². The van der Waals surface area contributed by atoms with Gasteiger partial charge in [-0.25, -0.2) is 0 Å². The van der Waals surface area contributed by atoms with E-state index in [0.717, 1.165) is 17.7 Å². The smallest absolute Gasteiger partial charge is 0.231 e. The van der Waals surface area contributed by atoms with E-state index in [-0.39, 0.29) is 12.7 Å². The maximum Gasteiger partial charge on any atom is 0.231 e. The first-order valence-electron chi connectivity index (χ1n) is 7.52. The van der Waals surface area contributed by atoms with Crippen LogP contribution < -0.4 is 9.47 Å². The Morgan fingerprint density at radius 2 is 2.00 bits per heavy atom. The Bertz CT molecular complexity index is 863. The fourth-order valence-corrected chi connectivity index (χ4v) is 2.97. The molecule has 3 heterocycles. The van der Waals surface area contributed by atoms with Gasteiger partial charge in [0.2, 0.25) is 18.5 Å². The molecule has 0 bridgehead atoms. The Kier molecular flexibility index (Phi) is 2.64. The van der Waals surface area contributed by atoms with E-state index in [1.807, 2.05) is 30.5 Å². The average molecular weight is 307 g/mol. The lowest BCUT2D eigenvalue weighted by Gasteiger charge is -1.97. The minimum absolute atomic E-state index is 0.255. The third-order valence-electron chi connectivity index (χ3n) is 4.29. The molecule has 0 saturated heterocycles. The summed E-state index contributed by atoms with van der Waals surface area (Å²) in [6, 6.07) is 9.70. The molecule has 1 fully saturated rings. The number of benzene rings is 1. The Hall–Kier alpha value is -2.89. The number of fused-ring (bicyclic) bond motifs is 1. The topological polar surface area (TPSA) is 70.3 Å². The number of ether oxygens (including phenoxy) is 2. The van der Waals surface area contributed by atoms with Crippen LogP contribution in [-0.4, -0.2) is 21.9 Å². The molecule has 0 amide bonds. The quantitative estimate of drug-likeness (QED) is 0.740. The third kappa shape index (κ3) is 2.14. The first-order chi connectivity index (χ1) is 11.4. The molecule has 114 valence electrons. The molecule has 2 aliphatic rings. The summed E-state index contributed by atoms with van der Waals surface area (Å²) >= 11 is 0. The molecule has 0 radical (unpaired) electrons. The minimum atomic E-state index is 0.255. The van der Waals surface area contributed by atoms with Gasteiger partial charge in [0.1, 0.15) is 0 Å². The molecule has 6 heteroatoms. The molecule has 23 heavy (non-hydrogen) atoms. The molecule has 1 aromatic carbocycles. The summed E-state index contributed by atoms with van der Waals surface area (Å²) in [5.41, 5.74) is 2.09. The molecule has 1 saturated carbocycles. The van der Waals surface area contributed by atoms with E-state index in [1.54, 1.807) is 6.20 Å². The molecule has 0 spiro atoms. The second-order valence-electron chi connectivity index (χ2n) is 5.76. The summed E-state index contributed by atoms with van der Waals surface area (Å²) in [6.07, 6.45) is 4.71. The van der Waals surface area contributed by atoms with Crippen molar-refractivity contribution in [3.8, 4) is 22.9 Å². The number of hydrogen-bond donors (Lipinski definition) is 0. The summed E-state index contributed by atoms with van der Waals surface area (Å²) in [5.74, 6) is 3.44. The van der Waals surface area contributed by atoms with Crippen LogP contribution in [-0.2, 0) is 0 Å². The van der Waals surface area contributed by atoms with E-state index >= 15 is 0 Å². The number of rotatable bonds is 3. The van der Waals surface area contributed by atoms with Crippen molar-refractivity contribution < 1.29 is 14.0 Å². The lowest BCUT2D eigenvalue weighted by atomic mass is 10.1. The van der Waals surface area contributed by atoms with Crippen molar-refractivity contribution >= 4 is 0 Å². The van der Waals surface area contributed by atoms with Crippen LogP contribution in [0.25, 0.3) is 11.4 Å². The first-order valence-corrected chi connectivity index (χ1v) is 7.52. The van der Waals surface area contributed by atoms with Crippen molar-refractivity contribution in [2.75, 3.05) is 6.79 Å². The molecule has 3 aromatic rings. The number of nitrogens with zero attached hydrogens (tertiary/aromatic N) is 3. The lowest BCUT2D eigenvalue weighted by Crippen LogP contribution is -1.92. The van der Waals surface area contributed by atoms with Gasteiger partial charge < -0.3 is 14.0 Å². The molecule has 1 aliphatic carbocycles. The minimum Gasteiger partial charge on any atom is -0.454 e. The zero-order valence-electron chi connectivity index (χ0n) is 12.2. The van der Waals surface area contributed by atoms with Crippen molar-refractivity contribution in [1.29, 1.82) is 0 Å². The summed E-state index contributed by atoms with van der Waals surface area (Å²) in [4.78, 5) is 8.72. The molecule has 0 N–H and O–H groups in total. The SMILES string of the molecule is c1cncc([C@@H]2C[C@@H]2c2nc(-c3ccc4c(c3)OCO4)no2)c1. The summed E-state index contributed by atoms with van der Waals surface area (Å²) in [5, 5.41) is 4.10. The van der Waals surface area contributed by atoms with Crippen LogP contribution in [0, 0.1) is 0 Å². The van der Waals surface area contributed by atoms with E-state index in [0.29, 0.717) is 23.4 Å². The van der Waals surface area contributed by atoms with Crippen LogP contribution >= 0.6 is 0 Å². The first kappa shape index (κ1) is 12.6. The zero-order valence-corrected chi connectivity index (χ0v) is 12.2. The molecule has 5 rings (SSSR count). The molecular weight excluding hydrogens is 294 g/mol. The second-order valence-corrected chi connectivity index (χ2v) is 5.76. The largest absolute Gasteiger partial charge is 0.454 e. The summed E-state index contributed by atoms with van der Waals surface area (Å²) < 4.78 is 16.2. The van der Waals surface area contributed by atoms with Crippen LogP contribution in [0.15, 0.2) is 47.2 Å². The molecule has 0 unspecified atom stereocenters. The summed E-state index contributed by atoms with van der Waals surface area (Å²) in [6.45, 7) is 0.255. The van der Waals surface area contributed by atoms with Crippen molar-refractivity contribution in [2.45, 2.75) is 18.3 Å². The van der Waals surface area contributed by atoms with Crippen molar-refractivity contribution in [3.05, 3.63) is 54.2 Å². The fraction of sp³-hybridized carbons (Fsp3) is 0.235. The van der Waals surface area contributed by atoms with Gasteiger partial charge in [-0.05, 0) is 42.2 Å². The second kappa shape index (κ2) is 4.81. The number of pyridine rings is 1. The van der Waals surface area contributed by atoms with Gasteiger partial charge in [0, 0.05) is 23.9 Å². The van der Waals surface area contributed by atoms with E-state index < -0.39 is 0 Å². The average Bonchev–Trinajstić information content (AvgIpc) is 3.04. The molecule has 6 nitrogen and oxygen atoms in total. The van der Waals surface area contributed by atoms with Gasteiger partial charge in [0.25, 0.3) is 0 Å². The van der Waals surface area contributed by atoms with E-state index in [2.05, 4.69) is 21.2 Å². The van der Waals surface area contributed by atoms with Crippen LogP contribution in [0.3, 0.4) is 0 Å². The molecule has 2 aromatic heterocycles. The van der Waals surface area contributed by atoms with Gasteiger partial charge in [0.05, 0.1) is 0 Å². The fourth-order valence-electron chi connectivity index (χ4n) is 2.97. The monoisotopic (exact) mass is 307 g/mol. The Balaban J connectivity index is 1.39. The molecule has 1 aliphatic heterocycles. The van der Waals surface area contributed by atoms with Gasteiger partial charge >= 0.3 is 0 Å². The highest BCUT2D eigenvalue weighted by Gasteiger charge is 2.43. The van der Waals surface area contributed by atoms with Crippen LogP contribution in [0.5, 0.6) is 11.5 Å². The van der Waals surface area contributed by atoms with Gasteiger partial charge in [-0.15, -0.1) is 0 Å². The molecule has 2 atom stereocenters. The Labute approximate surface area is 132 Å². The van der Waals surface area contributed by atoms with Gasteiger partial charge in [-0.3, -0.25) is 4.98 Å². The molecular formula is C17H13N3O3. The highest BCUT2D eigenvalue weighted by atomic mass is 16.7. The highest BCUT2D eigenvalue weighted by Crippen LogP contribution is 2.54. The number of aromatic nitrogens is 3. The van der Waals surface area contributed by atoms with E-state index in [4.69, 9.17) is 14.0 Å². The maximum absolute atomic E-state index is 5.46. The summed E-state index contributed by atoms with van der Waals surface area (Å²) in [7, 11) is 0. The normalized spacial score (nSPS) is 21.4. The predicted molar refractivity (Wildman–Crippen MR) is 80.2 cm³/mol. The Morgan fingerprint density at radius 1 is 1.04 bits per heavy atom. The van der Waals surface area contributed by atoms with Crippen molar-refractivity contribution in [1.82, 2.24) is 15.1 Å². The van der Waals surface area contributed by atoms with Crippen LogP contribution in [0.1, 0.15) is 29.7 Å². The van der Waals surface area contributed by atoms with E-state index in [1.165, 1.54) is 5.56 Å². The van der Waals surface area contributed by atoms with E-state index in [9.17, 15) is 0 Å².